The van der Waals surface area contributed by atoms with E-state index in [1.807, 2.05) is 24.3 Å². The molecule has 0 heterocycles. The van der Waals surface area contributed by atoms with Crippen LogP contribution in [0.1, 0.15) is 18.1 Å². The van der Waals surface area contributed by atoms with Crippen LogP contribution in [-0.2, 0) is 22.4 Å². The molecule has 1 atom stereocenters. The van der Waals surface area contributed by atoms with Gasteiger partial charge >= 0.3 is 0 Å². The first-order valence-electron chi connectivity index (χ1n) is 6.17. The first-order valence-corrected chi connectivity index (χ1v) is 6.17. The van der Waals surface area contributed by atoms with E-state index in [0.29, 0.717) is 6.42 Å². The third-order valence-electron chi connectivity index (χ3n) is 2.66. The second kappa shape index (κ2) is 7.84. The Bertz CT molecular complexity index is 379. The zero-order valence-electron chi connectivity index (χ0n) is 11.0. The fraction of sp³-hybridized carbons (Fsp3) is 0.500. The molecule has 0 radical (unpaired) electrons. The van der Waals surface area contributed by atoms with E-state index < -0.39 is 6.10 Å². The van der Waals surface area contributed by atoms with Crippen LogP contribution in [0.15, 0.2) is 24.3 Å². The number of hydrogen-bond acceptors (Lipinski definition) is 3. The van der Waals surface area contributed by atoms with Gasteiger partial charge in [-0.25, -0.2) is 0 Å². The predicted molar refractivity (Wildman–Crippen MR) is 70.4 cm³/mol. The van der Waals surface area contributed by atoms with Gasteiger partial charge in [-0.05, 0) is 17.5 Å². The molecule has 1 unspecified atom stereocenters. The molecule has 0 spiro atoms. The van der Waals surface area contributed by atoms with Gasteiger partial charge in [0.05, 0.1) is 19.1 Å². The van der Waals surface area contributed by atoms with Crippen molar-refractivity contribution in [3.8, 4) is 0 Å². The SMILES string of the molecule is CCc1cccc(CC(=O)NCC(O)COC)c1. The van der Waals surface area contributed by atoms with Crippen LogP contribution in [0.5, 0.6) is 0 Å². The third-order valence-corrected chi connectivity index (χ3v) is 2.66. The standard InChI is InChI=1S/C14H21NO3/c1-3-11-5-4-6-12(7-11)8-14(17)15-9-13(16)10-18-2/h4-7,13,16H,3,8-10H2,1-2H3,(H,15,17). The number of benzene rings is 1. The summed E-state index contributed by atoms with van der Waals surface area (Å²) in [5.74, 6) is -0.0848. The van der Waals surface area contributed by atoms with Gasteiger partial charge in [0.2, 0.25) is 5.91 Å². The van der Waals surface area contributed by atoms with Gasteiger partial charge in [0.1, 0.15) is 0 Å². The highest BCUT2D eigenvalue weighted by Crippen LogP contribution is 2.06. The summed E-state index contributed by atoms with van der Waals surface area (Å²) in [5, 5.41) is 12.1. The third kappa shape index (κ3) is 5.29. The number of hydrogen-bond donors (Lipinski definition) is 2. The van der Waals surface area contributed by atoms with E-state index in [1.165, 1.54) is 12.7 Å². The number of methoxy groups -OCH3 is 1. The second-order valence-electron chi connectivity index (χ2n) is 4.26. The molecule has 0 aliphatic carbocycles. The van der Waals surface area contributed by atoms with Crippen molar-refractivity contribution in [3.63, 3.8) is 0 Å². The minimum Gasteiger partial charge on any atom is -0.389 e. The van der Waals surface area contributed by atoms with E-state index in [4.69, 9.17) is 4.74 Å². The molecule has 0 aliphatic rings. The topological polar surface area (TPSA) is 58.6 Å². The summed E-state index contributed by atoms with van der Waals surface area (Å²) in [6.45, 7) is 2.53. The van der Waals surface area contributed by atoms with E-state index in [2.05, 4.69) is 12.2 Å². The minimum atomic E-state index is -0.652. The Balaban J connectivity index is 2.39. The van der Waals surface area contributed by atoms with Crippen LogP contribution < -0.4 is 5.32 Å². The molecule has 0 aromatic heterocycles. The Morgan fingerprint density at radius 3 is 2.83 bits per heavy atom. The molecule has 18 heavy (non-hydrogen) atoms. The van der Waals surface area contributed by atoms with E-state index in [0.717, 1.165) is 12.0 Å². The average Bonchev–Trinajstić information content (AvgIpc) is 2.37. The molecule has 0 fully saturated rings. The van der Waals surface area contributed by atoms with Gasteiger partial charge in [-0.1, -0.05) is 31.2 Å². The maximum Gasteiger partial charge on any atom is 0.224 e. The number of rotatable bonds is 7. The van der Waals surface area contributed by atoms with Gasteiger partial charge in [-0.2, -0.15) is 0 Å². The summed E-state index contributed by atoms with van der Waals surface area (Å²) >= 11 is 0. The van der Waals surface area contributed by atoms with Gasteiger partial charge < -0.3 is 15.2 Å². The van der Waals surface area contributed by atoms with Crippen LogP contribution in [0, 0.1) is 0 Å². The summed E-state index contributed by atoms with van der Waals surface area (Å²) in [4.78, 5) is 11.7. The largest absolute Gasteiger partial charge is 0.389 e. The smallest absolute Gasteiger partial charge is 0.224 e. The number of aryl methyl sites for hydroxylation is 1. The van der Waals surface area contributed by atoms with Crippen LogP contribution >= 0.6 is 0 Å². The normalized spacial score (nSPS) is 12.2. The van der Waals surface area contributed by atoms with Gasteiger partial charge in [0, 0.05) is 13.7 Å². The van der Waals surface area contributed by atoms with Gasteiger partial charge in [0.15, 0.2) is 0 Å². The molecule has 0 bridgehead atoms. The molecule has 1 amide bonds. The fourth-order valence-corrected chi connectivity index (χ4v) is 1.69. The van der Waals surface area contributed by atoms with Gasteiger partial charge in [-0.3, -0.25) is 4.79 Å². The predicted octanol–water partition coefficient (Wildman–Crippen LogP) is 0.915. The van der Waals surface area contributed by atoms with E-state index >= 15 is 0 Å². The van der Waals surface area contributed by atoms with Crippen molar-refractivity contribution in [1.29, 1.82) is 0 Å². The number of carbonyl (C=O) groups excluding carboxylic acids is 1. The second-order valence-corrected chi connectivity index (χ2v) is 4.26. The lowest BCUT2D eigenvalue weighted by Gasteiger charge is -2.11. The van der Waals surface area contributed by atoms with Crippen LogP contribution in [0.4, 0.5) is 0 Å². The molecular formula is C14H21NO3. The molecule has 2 N–H and O–H groups in total. The van der Waals surface area contributed by atoms with Crippen molar-refractivity contribution in [3.05, 3.63) is 35.4 Å². The Kier molecular flexibility index (Phi) is 6.39. The highest BCUT2D eigenvalue weighted by molar-refractivity contribution is 5.78. The number of aliphatic hydroxyl groups is 1. The number of carbonyl (C=O) groups is 1. The van der Waals surface area contributed by atoms with E-state index in [9.17, 15) is 9.90 Å². The Labute approximate surface area is 108 Å². The zero-order chi connectivity index (χ0) is 13.4. The van der Waals surface area contributed by atoms with Crippen molar-refractivity contribution in [2.75, 3.05) is 20.3 Å². The molecule has 0 saturated carbocycles. The molecule has 0 aliphatic heterocycles. The number of aliphatic hydroxyl groups excluding tert-OH is 1. The lowest BCUT2D eigenvalue weighted by atomic mass is 10.1. The van der Waals surface area contributed by atoms with Crippen LogP contribution in [-0.4, -0.2) is 37.4 Å². The zero-order valence-corrected chi connectivity index (χ0v) is 11.0. The number of ether oxygens (including phenoxy) is 1. The lowest BCUT2D eigenvalue weighted by molar-refractivity contribution is -0.121. The molecule has 1 rings (SSSR count). The molecule has 0 saturated heterocycles. The lowest BCUT2D eigenvalue weighted by Crippen LogP contribution is -2.35. The highest BCUT2D eigenvalue weighted by atomic mass is 16.5. The monoisotopic (exact) mass is 251 g/mol. The number of nitrogens with one attached hydrogen (secondary N) is 1. The summed E-state index contributed by atoms with van der Waals surface area (Å²) in [6, 6.07) is 7.97. The Hall–Kier alpha value is -1.39. The van der Waals surface area contributed by atoms with Crippen molar-refractivity contribution >= 4 is 5.91 Å². The summed E-state index contributed by atoms with van der Waals surface area (Å²) in [6.07, 6.45) is 0.649. The maximum atomic E-state index is 11.7. The first kappa shape index (κ1) is 14.7. The summed E-state index contributed by atoms with van der Waals surface area (Å²) < 4.78 is 4.78. The molecular weight excluding hydrogens is 230 g/mol. The fourth-order valence-electron chi connectivity index (χ4n) is 1.69. The van der Waals surface area contributed by atoms with Gasteiger partial charge in [0.25, 0.3) is 0 Å². The Morgan fingerprint density at radius 1 is 1.44 bits per heavy atom. The quantitative estimate of drug-likeness (QED) is 0.757. The Morgan fingerprint density at radius 2 is 2.17 bits per heavy atom. The molecule has 100 valence electrons. The van der Waals surface area contributed by atoms with Crippen LogP contribution in [0.3, 0.4) is 0 Å². The number of amides is 1. The van der Waals surface area contributed by atoms with E-state index in [-0.39, 0.29) is 19.1 Å². The van der Waals surface area contributed by atoms with Gasteiger partial charge in [-0.15, -0.1) is 0 Å². The maximum absolute atomic E-state index is 11.7. The average molecular weight is 251 g/mol. The minimum absolute atomic E-state index is 0.0848. The first-order chi connectivity index (χ1) is 8.65. The van der Waals surface area contributed by atoms with E-state index in [1.54, 1.807) is 0 Å². The molecule has 1 aromatic carbocycles. The summed E-state index contributed by atoms with van der Waals surface area (Å²) in [5.41, 5.74) is 2.22. The van der Waals surface area contributed by atoms with Crippen molar-refractivity contribution in [2.45, 2.75) is 25.9 Å². The molecule has 1 aromatic rings. The molecule has 4 nitrogen and oxygen atoms in total. The molecule has 4 heteroatoms. The van der Waals surface area contributed by atoms with Crippen molar-refractivity contribution < 1.29 is 14.6 Å². The van der Waals surface area contributed by atoms with Crippen molar-refractivity contribution in [2.24, 2.45) is 0 Å². The van der Waals surface area contributed by atoms with Crippen LogP contribution in [0.2, 0.25) is 0 Å². The van der Waals surface area contributed by atoms with Crippen molar-refractivity contribution in [1.82, 2.24) is 5.32 Å². The van der Waals surface area contributed by atoms with Crippen LogP contribution in [0.25, 0.3) is 0 Å². The highest BCUT2D eigenvalue weighted by Gasteiger charge is 2.07. The summed E-state index contributed by atoms with van der Waals surface area (Å²) in [7, 11) is 1.52.